The van der Waals surface area contributed by atoms with Crippen LogP contribution in [0.2, 0.25) is 0 Å². The molecule has 0 spiro atoms. The van der Waals surface area contributed by atoms with E-state index in [1.54, 1.807) is 24.3 Å². The number of ether oxygens (including phenoxy) is 1. The first-order chi connectivity index (χ1) is 18.6. The molecule has 3 aromatic carbocycles. The Morgan fingerprint density at radius 1 is 0.974 bits per heavy atom. The molecule has 0 saturated carbocycles. The zero-order valence-electron chi connectivity index (χ0n) is 21.4. The highest BCUT2D eigenvalue weighted by molar-refractivity contribution is 5.91. The Bertz CT molecular complexity index is 1580. The number of halogens is 4. The first kappa shape index (κ1) is 26.1. The van der Waals surface area contributed by atoms with Crippen molar-refractivity contribution in [3.8, 4) is 5.75 Å². The summed E-state index contributed by atoms with van der Waals surface area (Å²) in [6, 6.07) is 12.1. The predicted octanol–water partition coefficient (Wildman–Crippen LogP) is 6.74. The zero-order valence-corrected chi connectivity index (χ0v) is 21.4. The number of nitrogens with one attached hydrogen (secondary N) is 1. The summed E-state index contributed by atoms with van der Waals surface area (Å²) in [5.74, 6) is -4.56. The fraction of sp³-hybridized carbons (Fsp3) is 0.207. The van der Waals surface area contributed by atoms with Gasteiger partial charge in [-0.15, -0.1) is 0 Å². The molecule has 1 aromatic heterocycles. The van der Waals surface area contributed by atoms with Gasteiger partial charge in [-0.3, -0.25) is 0 Å². The Morgan fingerprint density at radius 2 is 1.69 bits per heavy atom. The molecular formula is C29H24F4N4O2. The SMILES string of the molecule is Cc1nc(Nc2ccc(F)cc2)nc(N2CCc3cc(OC(=O)c4c(F)ccc(F)c4F)ccc3C2C)c1C. The zero-order chi connectivity index (χ0) is 27.8. The van der Waals surface area contributed by atoms with Gasteiger partial charge in [0.2, 0.25) is 5.95 Å². The summed E-state index contributed by atoms with van der Waals surface area (Å²) in [7, 11) is 0. The summed E-state index contributed by atoms with van der Waals surface area (Å²) in [4.78, 5) is 23.8. The number of aryl methyl sites for hydroxylation is 1. The molecule has 6 nitrogen and oxygen atoms in total. The molecule has 1 atom stereocenters. The van der Waals surface area contributed by atoms with Gasteiger partial charge in [-0.1, -0.05) is 6.07 Å². The number of hydrogen-bond donors (Lipinski definition) is 1. The second-order valence-electron chi connectivity index (χ2n) is 9.30. The smallest absolute Gasteiger partial charge is 0.349 e. The van der Waals surface area contributed by atoms with Gasteiger partial charge in [0.15, 0.2) is 11.6 Å². The first-order valence-electron chi connectivity index (χ1n) is 12.3. The largest absolute Gasteiger partial charge is 0.423 e. The van der Waals surface area contributed by atoms with E-state index in [1.165, 1.54) is 18.2 Å². The summed E-state index contributed by atoms with van der Waals surface area (Å²) in [5.41, 5.74) is 3.15. The van der Waals surface area contributed by atoms with Crippen LogP contribution in [0.5, 0.6) is 5.75 Å². The summed E-state index contributed by atoms with van der Waals surface area (Å²) in [5, 5.41) is 3.12. The number of anilines is 3. The van der Waals surface area contributed by atoms with Crippen molar-refractivity contribution >= 4 is 23.4 Å². The van der Waals surface area contributed by atoms with Crippen LogP contribution in [0.4, 0.5) is 35.0 Å². The summed E-state index contributed by atoms with van der Waals surface area (Å²) < 4.78 is 60.0. The summed E-state index contributed by atoms with van der Waals surface area (Å²) in [6.45, 7) is 6.45. The van der Waals surface area contributed by atoms with Crippen molar-refractivity contribution in [2.24, 2.45) is 0 Å². The average Bonchev–Trinajstić information content (AvgIpc) is 2.90. The monoisotopic (exact) mass is 536 g/mol. The fourth-order valence-electron chi connectivity index (χ4n) is 4.65. The molecule has 4 aromatic rings. The molecule has 0 radical (unpaired) electrons. The maximum atomic E-state index is 14.0. The van der Waals surface area contributed by atoms with E-state index < -0.39 is 29.0 Å². The van der Waals surface area contributed by atoms with Gasteiger partial charge < -0.3 is 15.0 Å². The number of hydrogen-bond acceptors (Lipinski definition) is 6. The molecule has 10 heteroatoms. The van der Waals surface area contributed by atoms with Crippen LogP contribution in [0.15, 0.2) is 54.6 Å². The molecule has 1 aliphatic heterocycles. The number of aromatic nitrogens is 2. The first-order valence-corrected chi connectivity index (χ1v) is 12.3. The van der Waals surface area contributed by atoms with Crippen LogP contribution in [0, 0.1) is 37.1 Å². The molecule has 0 aliphatic carbocycles. The third kappa shape index (κ3) is 5.14. The van der Waals surface area contributed by atoms with Crippen LogP contribution in [-0.4, -0.2) is 22.5 Å². The van der Waals surface area contributed by atoms with Crippen molar-refractivity contribution in [1.82, 2.24) is 9.97 Å². The Balaban J connectivity index is 1.38. The lowest BCUT2D eigenvalue weighted by molar-refractivity contribution is 0.0723. The van der Waals surface area contributed by atoms with E-state index in [1.807, 2.05) is 20.8 Å². The van der Waals surface area contributed by atoms with Crippen molar-refractivity contribution in [1.29, 1.82) is 0 Å². The van der Waals surface area contributed by atoms with Crippen LogP contribution in [-0.2, 0) is 6.42 Å². The van der Waals surface area contributed by atoms with E-state index in [0.717, 1.165) is 28.2 Å². The van der Waals surface area contributed by atoms with Crippen molar-refractivity contribution < 1.29 is 27.1 Å². The highest BCUT2D eigenvalue weighted by Gasteiger charge is 2.28. The summed E-state index contributed by atoms with van der Waals surface area (Å²) in [6.07, 6.45) is 0.580. The van der Waals surface area contributed by atoms with Crippen molar-refractivity contribution in [2.45, 2.75) is 33.2 Å². The lowest BCUT2D eigenvalue weighted by Crippen LogP contribution is -2.35. The molecule has 5 rings (SSSR count). The van der Waals surface area contributed by atoms with Gasteiger partial charge in [-0.2, -0.15) is 4.98 Å². The molecule has 200 valence electrons. The molecule has 0 amide bonds. The van der Waals surface area contributed by atoms with Gasteiger partial charge in [0, 0.05) is 23.5 Å². The van der Waals surface area contributed by atoms with Crippen molar-refractivity contribution in [3.05, 3.63) is 106 Å². The van der Waals surface area contributed by atoms with E-state index in [-0.39, 0.29) is 17.6 Å². The van der Waals surface area contributed by atoms with Crippen molar-refractivity contribution in [2.75, 3.05) is 16.8 Å². The van der Waals surface area contributed by atoms with Crippen LogP contribution in [0.3, 0.4) is 0 Å². The minimum atomic E-state index is -1.59. The molecule has 1 N–H and O–H groups in total. The number of nitrogens with zero attached hydrogens (tertiary/aromatic N) is 3. The Hall–Kier alpha value is -4.47. The van der Waals surface area contributed by atoms with Gasteiger partial charge >= 0.3 is 5.97 Å². The lowest BCUT2D eigenvalue weighted by atomic mass is 9.93. The molecule has 0 saturated heterocycles. The number of fused-ring (bicyclic) bond motifs is 1. The Kier molecular flexibility index (Phi) is 6.94. The van der Waals surface area contributed by atoms with Gasteiger partial charge in [0.1, 0.15) is 28.8 Å². The second kappa shape index (κ2) is 10.4. The van der Waals surface area contributed by atoms with E-state index in [9.17, 15) is 22.4 Å². The topological polar surface area (TPSA) is 67.3 Å². The summed E-state index contributed by atoms with van der Waals surface area (Å²) >= 11 is 0. The number of rotatable bonds is 5. The Labute approximate surface area is 222 Å². The van der Waals surface area contributed by atoms with Crippen LogP contribution >= 0.6 is 0 Å². The van der Waals surface area contributed by atoms with Crippen LogP contribution < -0.4 is 15.0 Å². The van der Waals surface area contributed by atoms with Crippen molar-refractivity contribution in [3.63, 3.8) is 0 Å². The number of esters is 1. The normalized spacial score (nSPS) is 14.6. The van der Waals surface area contributed by atoms with Gasteiger partial charge in [0.05, 0.1) is 6.04 Å². The van der Waals surface area contributed by atoms with E-state index in [4.69, 9.17) is 9.72 Å². The minimum Gasteiger partial charge on any atom is -0.423 e. The third-order valence-electron chi connectivity index (χ3n) is 6.85. The average molecular weight is 537 g/mol. The van der Waals surface area contributed by atoms with E-state index in [2.05, 4.69) is 15.2 Å². The Morgan fingerprint density at radius 3 is 2.44 bits per heavy atom. The highest BCUT2D eigenvalue weighted by Crippen LogP contribution is 2.37. The molecule has 39 heavy (non-hydrogen) atoms. The highest BCUT2D eigenvalue weighted by atomic mass is 19.2. The van der Waals surface area contributed by atoms with Crippen LogP contribution in [0.25, 0.3) is 0 Å². The standard InChI is InChI=1S/C29H24F4N4O2/c1-15-16(2)34-29(35-20-6-4-19(30)5-7-20)36-27(15)37-13-12-18-14-21(8-9-22(18)17(37)3)39-28(38)25-23(31)10-11-24(32)26(25)33/h4-11,14,17H,12-13H2,1-3H3,(H,34,35,36). The lowest BCUT2D eigenvalue weighted by Gasteiger charge is -2.37. The third-order valence-corrected chi connectivity index (χ3v) is 6.85. The second-order valence-corrected chi connectivity index (χ2v) is 9.30. The predicted molar refractivity (Wildman–Crippen MR) is 138 cm³/mol. The van der Waals surface area contributed by atoms with Gasteiger partial charge in [0.25, 0.3) is 0 Å². The molecule has 1 aliphatic rings. The van der Waals surface area contributed by atoms with E-state index in [0.29, 0.717) is 36.7 Å². The minimum absolute atomic E-state index is 0.0994. The maximum Gasteiger partial charge on any atom is 0.349 e. The number of benzene rings is 3. The maximum absolute atomic E-state index is 14.0. The molecule has 0 fully saturated rings. The van der Waals surface area contributed by atoms with Gasteiger partial charge in [-0.25, -0.2) is 27.3 Å². The molecule has 1 unspecified atom stereocenters. The molecule has 2 heterocycles. The fourth-order valence-corrected chi connectivity index (χ4v) is 4.65. The van der Waals surface area contributed by atoms with E-state index >= 15 is 0 Å². The number of carbonyl (C=O) groups is 1. The quantitative estimate of drug-likeness (QED) is 0.132. The van der Waals surface area contributed by atoms with Gasteiger partial charge in [-0.05, 0) is 86.8 Å². The van der Waals surface area contributed by atoms with Crippen LogP contribution in [0.1, 0.15) is 45.7 Å². The number of carbonyl (C=O) groups excluding carboxylic acids is 1. The molecular weight excluding hydrogens is 512 g/mol. The molecule has 0 bridgehead atoms.